The SMILES string of the molecule is CCCNC(C=C(C)C)CCC(F)(F)F. The molecule has 0 radical (unpaired) electrons. The Morgan fingerprint density at radius 2 is 1.93 bits per heavy atom. The van der Waals surface area contributed by atoms with Crippen molar-refractivity contribution in [3.63, 3.8) is 0 Å². The van der Waals surface area contributed by atoms with Crippen molar-refractivity contribution in [1.82, 2.24) is 5.32 Å². The molecule has 0 aliphatic rings. The minimum atomic E-state index is -4.05. The Hall–Kier alpha value is -0.510. The van der Waals surface area contributed by atoms with E-state index >= 15 is 0 Å². The molecule has 0 saturated carbocycles. The van der Waals surface area contributed by atoms with Crippen LogP contribution in [0.3, 0.4) is 0 Å². The molecule has 0 aromatic heterocycles. The fourth-order valence-electron chi connectivity index (χ4n) is 1.30. The molecule has 1 unspecified atom stereocenters. The van der Waals surface area contributed by atoms with Gasteiger partial charge in [-0.3, -0.25) is 0 Å². The van der Waals surface area contributed by atoms with Gasteiger partial charge in [0.25, 0.3) is 0 Å². The quantitative estimate of drug-likeness (QED) is 0.677. The number of alkyl halides is 3. The number of allylic oxidation sites excluding steroid dienone is 1. The largest absolute Gasteiger partial charge is 0.389 e. The second-order valence-electron chi connectivity index (χ2n) is 3.96. The first-order valence-electron chi connectivity index (χ1n) is 5.30. The lowest BCUT2D eigenvalue weighted by molar-refractivity contribution is -0.136. The Labute approximate surface area is 89.7 Å². The number of hydrogen-bond acceptors (Lipinski definition) is 1. The van der Waals surface area contributed by atoms with Crippen LogP contribution in [-0.2, 0) is 0 Å². The molecule has 1 atom stereocenters. The Morgan fingerprint density at radius 3 is 2.33 bits per heavy atom. The molecule has 0 aromatic carbocycles. The maximum absolute atomic E-state index is 12.0. The predicted molar refractivity (Wildman–Crippen MR) is 56.8 cm³/mol. The molecule has 0 bridgehead atoms. The second kappa shape index (κ2) is 6.88. The van der Waals surface area contributed by atoms with Crippen LogP contribution in [0.25, 0.3) is 0 Å². The van der Waals surface area contributed by atoms with E-state index in [0.717, 1.165) is 18.5 Å². The van der Waals surface area contributed by atoms with Gasteiger partial charge in [-0.1, -0.05) is 18.6 Å². The smallest absolute Gasteiger partial charge is 0.311 e. The fourth-order valence-corrected chi connectivity index (χ4v) is 1.30. The summed E-state index contributed by atoms with van der Waals surface area (Å²) in [5.41, 5.74) is 1.05. The Bertz CT molecular complexity index is 192. The minimum absolute atomic E-state index is 0.120. The zero-order valence-electron chi connectivity index (χ0n) is 9.62. The molecule has 15 heavy (non-hydrogen) atoms. The van der Waals surface area contributed by atoms with Gasteiger partial charge in [0, 0.05) is 12.5 Å². The lowest BCUT2D eigenvalue weighted by Crippen LogP contribution is -2.29. The molecule has 0 aliphatic heterocycles. The van der Waals surface area contributed by atoms with Crippen molar-refractivity contribution in [2.24, 2.45) is 0 Å². The van der Waals surface area contributed by atoms with Crippen LogP contribution in [0.15, 0.2) is 11.6 Å². The van der Waals surface area contributed by atoms with E-state index in [1.807, 2.05) is 26.8 Å². The topological polar surface area (TPSA) is 12.0 Å². The van der Waals surface area contributed by atoms with Gasteiger partial charge in [0.15, 0.2) is 0 Å². The van der Waals surface area contributed by atoms with Crippen LogP contribution < -0.4 is 5.32 Å². The standard InChI is InChI=1S/C11H20F3N/c1-4-7-15-10(8-9(2)3)5-6-11(12,13)14/h8,10,15H,4-7H2,1-3H3. The molecule has 0 aliphatic carbocycles. The monoisotopic (exact) mass is 223 g/mol. The van der Waals surface area contributed by atoms with E-state index in [-0.39, 0.29) is 12.5 Å². The first-order valence-corrected chi connectivity index (χ1v) is 5.30. The highest BCUT2D eigenvalue weighted by Gasteiger charge is 2.27. The zero-order valence-corrected chi connectivity index (χ0v) is 9.62. The van der Waals surface area contributed by atoms with Crippen molar-refractivity contribution >= 4 is 0 Å². The van der Waals surface area contributed by atoms with Crippen LogP contribution in [0, 0.1) is 0 Å². The van der Waals surface area contributed by atoms with Crippen LogP contribution >= 0.6 is 0 Å². The lowest BCUT2D eigenvalue weighted by Gasteiger charge is -2.16. The summed E-state index contributed by atoms with van der Waals surface area (Å²) in [7, 11) is 0. The normalized spacial score (nSPS) is 13.7. The van der Waals surface area contributed by atoms with Crippen molar-refractivity contribution < 1.29 is 13.2 Å². The van der Waals surface area contributed by atoms with E-state index in [4.69, 9.17) is 0 Å². The molecule has 1 N–H and O–H groups in total. The highest BCUT2D eigenvalue weighted by molar-refractivity contribution is 5.01. The Balaban J connectivity index is 4.07. The maximum atomic E-state index is 12.0. The summed E-state index contributed by atoms with van der Waals surface area (Å²) in [6, 6.07) is -0.156. The summed E-state index contributed by atoms with van der Waals surface area (Å²) < 4.78 is 36.1. The Kier molecular flexibility index (Phi) is 6.65. The van der Waals surface area contributed by atoms with Crippen LogP contribution in [0.2, 0.25) is 0 Å². The van der Waals surface area contributed by atoms with Crippen molar-refractivity contribution in [2.75, 3.05) is 6.54 Å². The van der Waals surface area contributed by atoms with Gasteiger partial charge in [0.2, 0.25) is 0 Å². The summed E-state index contributed by atoms with van der Waals surface area (Å²) in [6.45, 7) is 6.55. The average molecular weight is 223 g/mol. The molecule has 4 heteroatoms. The van der Waals surface area contributed by atoms with Gasteiger partial charge >= 0.3 is 6.18 Å². The summed E-state index contributed by atoms with van der Waals surface area (Å²) in [5, 5.41) is 3.10. The molecule has 0 amide bonds. The molecule has 0 fully saturated rings. The van der Waals surface area contributed by atoms with Crippen LogP contribution in [0.1, 0.15) is 40.0 Å². The van der Waals surface area contributed by atoms with Gasteiger partial charge in [-0.2, -0.15) is 13.2 Å². The third kappa shape index (κ3) is 9.79. The molecule has 0 aromatic rings. The van der Waals surface area contributed by atoms with E-state index in [1.54, 1.807) is 0 Å². The summed E-state index contributed by atoms with van der Waals surface area (Å²) in [4.78, 5) is 0. The van der Waals surface area contributed by atoms with Crippen molar-refractivity contribution in [1.29, 1.82) is 0 Å². The van der Waals surface area contributed by atoms with Gasteiger partial charge in [-0.25, -0.2) is 0 Å². The maximum Gasteiger partial charge on any atom is 0.389 e. The van der Waals surface area contributed by atoms with Crippen molar-refractivity contribution in [2.45, 2.75) is 52.3 Å². The summed E-state index contributed by atoms with van der Waals surface area (Å²) in [5.74, 6) is 0. The average Bonchev–Trinajstić information content (AvgIpc) is 2.07. The van der Waals surface area contributed by atoms with Crippen LogP contribution in [-0.4, -0.2) is 18.8 Å². The highest BCUT2D eigenvalue weighted by Crippen LogP contribution is 2.22. The molecular formula is C11H20F3N. The van der Waals surface area contributed by atoms with Crippen LogP contribution in [0.4, 0.5) is 13.2 Å². The molecule has 0 rings (SSSR count). The fraction of sp³-hybridized carbons (Fsp3) is 0.818. The molecule has 0 heterocycles. The highest BCUT2D eigenvalue weighted by atomic mass is 19.4. The van der Waals surface area contributed by atoms with E-state index in [2.05, 4.69) is 5.32 Å². The lowest BCUT2D eigenvalue weighted by atomic mass is 10.1. The second-order valence-corrected chi connectivity index (χ2v) is 3.96. The number of halogens is 3. The molecule has 0 saturated heterocycles. The van der Waals surface area contributed by atoms with Crippen molar-refractivity contribution in [3.8, 4) is 0 Å². The molecule has 90 valence electrons. The van der Waals surface area contributed by atoms with Gasteiger partial charge < -0.3 is 5.32 Å². The summed E-state index contributed by atoms with van der Waals surface area (Å²) >= 11 is 0. The predicted octanol–water partition coefficient (Wildman–Crippen LogP) is 3.66. The van der Waals surface area contributed by atoms with Crippen LogP contribution in [0.5, 0.6) is 0 Å². The molecule has 1 nitrogen and oxygen atoms in total. The summed E-state index contributed by atoms with van der Waals surface area (Å²) in [6.07, 6.45) is -1.87. The third-order valence-electron chi connectivity index (χ3n) is 1.93. The van der Waals surface area contributed by atoms with Gasteiger partial charge in [-0.05, 0) is 33.2 Å². The van der Waals surface area contributed by atoms with Gasteiger partial charge in [-0.15, -0.1) is 0 Å². The van der Waals surface area contributed by atoms with Gasteiger partial charge in [0.05, 0.1) is 0 Å². The third-order valence-corrected chi connectivity index (χ3v) is 1.93. The number of rotatable bonds is 6. The van der Waals surface area contributed by atoms with Gasteiger partial charge in [0.1, 0.15) is 0 Å². The zero-order chi connectivity index (χ0) is 11.9. The Morgan fingerprint density at radius 1 is 1.33 bits per heavy atom. The molecule has 0 spiro atoms. The van der Waals surface area contributed by atoms with Crippen molar-refractivity contribution in [3.05, 3.63) is 11.6 Å². The van der Waals surface area contributed by atoms with E-state index in [1.165, 1.54) is 0 Å². The van der Waals surface area contributed by atoms with E-state index in [9.17, 15) is 13.2 Å². The molecular weight excluding hydrogens is 203 g/mol. The van der Waals surface area contributed by atoms with E-state index < -0.39 is 12.6 Å². The van der Waals surface area contributed by atoms with E-state index in [0.29, 0.717) is 0 Å². The minimum Gasteiger partial charge on any atom is -0.311 e. The number of nitrogens with one attached hydrogen (secondary N) is 1. The number of hydrogen-bond donors (Lipinski definition) is 1. The first kappa shape index (κ1) is 14.5. The first-order chi connectivity index (χ1) is 6.85.